The van der Waals surface area contributed by atoms with Gasteiger partial charge in [0.25, 0.3) is 0 Å². The summed E-state index contributed by atoms with van der Waals surface area (Å²) in [5.41, 5.74) is 0.868. The van der Waals surface area contributed by atoms with Crippen LogP contribution in [0.3, 0.4) is 0 Å². The largest absolute Gasteiger partial charge is 0.492 e. The van der Waals surface area contributed by atoms with Crippen LogP contribution in [0.1, 0.15) is 31.2 Å². The van der Waals surface area contributed by atoms with Crippen LogP contribution >= 0.6 is 15.9 Å². The molecule has 3 nitrogen and oxygen atoms in total. The summed E-state index contributed by atoms with van der Waals surface area (Å²) in [5.74, 6) is 0.810. The first-order valence-corrected chi connectivity index (χ1v) is 6.70. The molecule has 0 aromatic heterocycles. The Labute approximate surface area is 111 Å². The molecule has 0 atom stereocenters. The van der Waals surface area contributed by atoms with E-state index in [-0.39, 0.29) is 13.2 Å². The molecule has 0 radical (unpaired) electrons. The number of aliphatic hydroxyl groups excluding tert-OH is 2. The van der Waals surface area contributed by atoms with Gasteiger partial charge in [-0.15, -0.1) is 0 Å². The van der Waals surface area contributed by atoms with Crippen LogP contribution in [0.15, 0.2) is 22.7 Å². The number of hydrogen-bond acceptors (Lipinski definition) is 3. The van der Waals surface area contributed by atoms with Crippen molar-refractivity contribution in [1.29, 1.82) is 0 Å². The van der Waals surface area contributed by atoms with Gasteiger partial charge in [0.2, 0.25) is 0 Å². The number of benzene rings is 1. The molecule has 0 bridgehead atoms. The molecule has 0 unspecified atom stereocenters. The number of aliphatic hydroxyl groups is 2. The quantitative estimate of drug-likeness (QED) is 0.726. The van der Waals surface area contributed by atoms with Crippen molar-refractivity contribution >= 4 is 15.9 Å². The van der Waals surface area contributed by atoms with Gasteiger partial charge in [0.15, 0.2) is 0 Å². The molecule has 1 aromatic carbocycles. The predicted octanol–water partition coefficient (Wildman–Crippen LogP) is 2.87. The van der Waals surface area contributed by atoms with E-state index < -0.39 is 0 Å². The molecule has 17 heavy (non-hydrogen) atoms. The van der Waals surface area contributed by atoms with Gasteiger partial charge in [-0.25, -0.2) is 0 Å². The molecule has 0 spiro atoms. The second-order valence-electron chi connectivity index (χ2n) is 3.91. The van der Waals surface area contributed by atoms with Gasteiger partial charge in [0.05, 0.1) is 17.7 Å². The molecule has 0 aliphatic heterocycles. The minimum atomic E-state index is 0.0417. The van der Waals surface area contributed by atoms with Crippen LogP contribution in [0.25, 0.3) is 0 Å². The fourth-order valence-electron chi connectivity index (χ4n) is 1.51. The van der Waals surface area contributed by atoms with Crippen molar-refractivity contribution in [2.75, 3.05) is 13.2 Å². The Morgan fingerprint density at radius 3 is 2.47 bits per heavy atom. The number of unbranched alkanes of at least 4 members (excludes halogenated alkanes) is 3. The summed E-state index contributed by atoms with van der Waals surface area (Å²) in [6, 6.07) is 5.58. The summed E-state index contributed by atoms with van der Waals surface area (Å²) in [7, 11) is 0. The van der Waals surface area contributed by atoms with Gasteiger partial charge < -0.3 is 14.9 Å². The third-order valence-corrected chi connectivity index (χ3v) is 3.11. The summed E-state index contributed by atoms with van der Waals surface area (Å²) in [5, 5.41) is 17.6. The summed E-state index contributed by atoms with van der Waals surface area (Å²) < 4.78 is 6.50. The Bertz CT molecular complexity index is 328. The van der Waals surface area contributed by atoms with Gasteiger partial charge in [0.1, 0.15) is 5.75 Å². The zero-order valence-electron chi connectivity index (χ0n) is 9.86. The Kier molecular flexibility index (Phi) is 7.24. The zero-order valence-corrected chi connectivity index (χ0v) is 11.4. The molecular weight excluding hydrogens is 284 g/mol. The molecular formula is C13H19BrO3. The highest BCUT2D eigenvalue weighted by atomic mass is 79.9. The summed E-state index contributed by atoms with van der Waals surface area (Å²) in [4.78, 5) is 0. The average molecular weight is 303 g/mol. The Morgan fingerprint density at radius 2 is 1.82 bits per heavy atom. The van der Waals surface area contributed by atoms with Crippen molar-refractivity contribution in [3.63, 3.8) is 0 Å². The van der Waals surface area contributed by atoms with Crippen LogP contribution < -0.4 is 4.74 Å². The number of halogens is 1. The monoisotopic (exact) mass is 302 g/mol. The van der Waals surface area contributed by atoms with Crippen molar-refractivity contribution in [3.8, 4) is 5.75 Å². The van der Waals surface area contributed by atoms with Gasteiger partial charge in [0, 0.05) is 6.61 Å². The Hall–Kier alpha value is -0.580. The smallest absolute Gasteiger partial charge is 0.133 e. The minimum Gasteiger partial charge on any atom is -0.492 e. The van der Waals surface area contributed by atoms with Crippen LogP contribution in [0, 0.1) is 0 Å². The lowest BCUT2D eigenvalue weighted by molar-refractivity contribution is 0.272. The predicted molar refractivity (Wildman–Crippen MR) is 71.1 cm³/mol. The third-order valence-electron chi connectivity index (χ3n) is 2.49. The van der Waals surface area contributed by atoms with Crippen LogP contribution in [0.4, 0.5) is 0 Å². The molecule has 0 amide bonds. The fourth-order valence-corrected chi connectivity index (χ4v) is 2.05. The molecule has 1 rings (SSSR count). The fraction of sp³-hybridized carbons (Fsp3) is 0.538. The maximum absolute atomic E-state index is 8.97. The van der Waals surface area contributed by atoms with Crippen molar-refractivity contribution < 1.29 is 14.9 Å². The number of hydrogen-bond donors (Lipinski definition) is 2. The number of ether oxygens (including phenoxy) is 1. The summed E-state index contributed by atoms with van der Waals surface area (Å²) >= 11 is 3.41. The first-order chi connectivity index (χ1) is 8.27. The summed E-state index contributed by atoms with van der Waals surface area (Å²) in [6.45, 7) is 0.998. The van der Waals surface area contributed by atoms with Gasteiger partial charge in [-0.1, -0.05) is 12.5 Å². The van der Waals surface area contributed by atoms with Crippen molar-refractivity contribution in [2.45, 2.75) is 32.3 Å². The molecule has 4 heteroatoms. The third kappa shape index (κ3) is 5.52. The maximum Gasteiger partial charge on any atom is 0.133 e. The van der Waals surface area contributed by atoms with E-state index in [9.17, 15) is 0 Å². The van der Waals surface area contributed by atoms with Crippen molar-refractivity contribution in [1.82, 2.24) is 0 Å². The molecule has 0 heterocycles. The minimum absolute atomic E-state index is 0.0417. The van der Waals surface area contributed by atoms with Crippen LogP contribution in [0.2, 0.25) is 0 Å². The Morgan fingerprint density at radius 1 is 1.06 bits per heavy atom. The topological polar surface area (TPSA) is 49.7 Å². The highest BCUT2D eigenvalue weighted by Gasteiger charge is 2.02. The highest BCUT2D eigenvalue weighted by Crippen LogP contribution is 2.26. The molecule has 0 saturated heterocycles. The lowest BCUT2D eigenvalue weighted by Crippen LogP contribution is -1.98. The van der Waals surface area contributed by atoms with Gasteiger partial charge in [-0.2, -0.15) is 0 Å². The van der Waals surface area contributed by atoms with E-state index in [1.165, 1.54) is 0 Å². The van der Waals surface area contributed by atoms with Crippen molar-refractivity contribution in [3.05, 3.63) is 28.2 Å². The molecule has 2 N–H and O–H groups in total. The Balaban J connectivity index is 2.27. The number of rotatable bonds is 8. The molecule has 0 saturated carbocycles. The van der Waals surface area contributed by atoms with Gasteiger partial charge in [-0.3, -0.25) is 0 Å². The van der Waals surface area contributed by atoms with E-state index in [2.05, 4.69) is 15.9 Å². The molecule has 0 aliphatic rings. The summed E-state index contributed by atoms with van der Waals surface area (Å²) in [6.07, 6.45) is 3.99. The van der Waals surface area contributed by atoms with E-state index >= 15 is 0 Å². The SMILES string of the molecule is OCCCCCCOc1ccc(CO)cc1Br. The lowest BCUT2D eigenvalue weighted by Gasteiger charge is -2.09. The van der Waals surface area contributed by atoms with Crippen LogP contribution in [0.5, 0.6) is 5.75 Å². The van der Waals surface area contributed by atoms with Crippen molar-refractivity contribution in [2.24, 2.45) is 0 Å². The van der Waals surface area contributed by atoms with Crippen LogP contribution in [-0.4, -0.2) is 23.4 Å². The first kappa shape index (κ1) is 14.5. The molecule has 0 aliphatic carbocycles. The van der Waals surface area contributed by atoms with E-state index in [1.807, 2.05) is 18.2 Å². The second kappa shape index (κ2) is 8.50. The van der Waals surface area contributed by atoms with E-state index in [0.717, 1.165) is 41.5 Å². The molecule has 96 valence electrons. The van der Waals surface area contributed by atoms with Crippen LogP contribution in [-0.2, 0) is 6.61 Å². The van der Waals surface area contributed by atoms with E-state index in [0.29, 0.717) is 6.61 Å². The average Bonchev–Trinajstić information content (AvgIpc) is 2.35. The van der Waals surface area contributed by atoms with E-state index in [1.54, 1.807) is 0 Å². The second-order valence-corrected chi connectivity index (χ2v) is 4.76. The molecule has 0 fully saturated rings. The van der Waals surface area contributed by atoms with Gasteiger partial charge >= 0.3 is 0 Å². The van der Waals surface area contributed by atoms with E-state index in [4.69, 9.17) is 14.9 Å². The standard InChI is InChI=1S/C13H19BrO3/c14-12-9-11(10-16)5-6-13(12)17-8-4-2-1-3-7-15/h5-6,9,15-16H,1-4,7-8,10H2. The normalized spacial score (nSPS) is 10.5. The highest BCUT2D eigenvalue weighted by molar-refractivity contribution is 9.10. The lowest BCUT2D eigenvalue weighted by atomic mass is 10.2. The maximum atomic E-state index is 8.97. The first-order valence-electron chi connectivity index (χ1n) is 5.91. The zero-order chi connectivity index (χ0) is 12.5. The molecule has 1 aromatic rings. The van der Waals surface area contributed by atoms with Gasteiger partial charge in [-0.05, 0) is 52.9 Å².